The summed E-state index contributed by atoms with van der Waals surface area (Å²) < 4.78 is 64.1. The lowest BCUT2D eigenvalue weighted by molar-refractivity contribution is -0.141. The fourth-order valence-corrected chi connectivity index (χ4v) is 3.01. The topological polar surface area (TPSA) is 102 Å². The molecule has 0 aromatic heterocycles. The summed E-state index contributed by atoms with van der Waals surface area (Å²) in [6.07, 6.45) is 1.77. The molecule has 2 rings (SSSR count). The van der Waals surface area contributed by atoms with E-state index in [4.69, 9.17) is 4.74 Å². The van der Waals surface area contributed by atoms with E-state index in [-0.39, 0.29) is 32.2 Å². The van der Waals surface area contributed by atoms with E-state index in [1.54, 1.807) is 27.7 Å². The van der Waals surface area contributed by atoms with Gasteiger partial charge in [0.2, 0.25) is 23.3 Å². The molecule has 0 atom stereocenters. The lowest BCUT2D eigenvalue weighted by Gasteiger charge is -2.29. The van der Waals surface area contributed by atoms with Crippen LogP contribution < -0.4 is 10.1 Å². The Morgan fingerprint density at radius 3 is 1.97 bits per heavy atom. The van der Waals surface area contributed by atoms with Crippen molar-refractivity contribution in [3.8, 4) is 5.75 Å². The molecule has 1 aromatic rings. The molecule has 1 N–H and O–H groups in total. The second kappa shape index (κ2) is 11.0. The first-order chi connectivity index (χ1) is 16.1. The summed E-state index contributed by atoms with van der Waals surface area (Å²) in [6, 6.07) is 0.00656. The predicted molar refractivity (Wildman–Crippen MR) is 114 cm³/mol. The quantitative estimate of drug-likeness (QED) is 0.164. The lowest BCUT2D eigenvalue weighted by atomic mass is 9.90. The van der Waals surface area contributed by atoms with Gasteiger partial charge < -0.3 is 14.8 Å². The number of nitrogens with zero attached hydrogens (tertiary/aromatic N) is 1. The highest BCUT2D eigenvalue weighted by molar-refractivity contribution is 6.14. The zero-order valence-corrected chi connectivity index (χ0v) is 19.7. The van der Waals surface area contributed by atoms with Crippen molar-refractivity contribution < 1.29 is 46.2 Å². The molecule has 8 nitrogen and oxygen atoms in total. The Balaban J connectivity index is 1.80. The van der Waals surface area contributed by atoms with Gasteiger partial charge in [-0.1, -0.05) is 27.7 Å². The zero-order chi connectivity index (χ0) is 26.6. The van der Waals surface area contributed by atoms with Gasteiger partial charge in [0.25, 0.3) is 11.8 Å². The van der Waals surface area contributed by atoms with Gasteiger partial charge in [0.1, 0.15) is 6.54 Å². The Hall–Kier alpha value is -3.28. The lowest BCUT2D eigenvalue weighted by Crippen LogP contribution is -2.44. The first-order valence-corrected chi connectivity index (χ1v) is 10.5. The number of carbonyl (C=O) groups excluding carboxylic acids is 4. The number of imide groups is 1. The van der Waals surface area contributed by atoms with Crippen molar-refractivity contribution in [3.63, 3.8) is 0 Å². The molecule has 0 fully saturated rings. The van der Waals surface area contributed by atoms with Crippen LogP contribution >= 0.6 is 0 Å². The number of rotatable bonds is 11. The average Bonchev–Trinajstić information content (AvgIpc) is 3.05. The van der Waals surface area contributed by atoms with Crippen LogP contribution in [0.3, 0.4) is 0 Å². The van der Waals surface area contributed by atoms with Gasteiger partial charge in [-0.25, -0.2) is 8.78 Å². The molecule has 1 aliphatic heterocycles. The summed E-state index contributed by atoms with van der Waals surface area (Å²) in [4.78, 5) is 48.0. The average molecular weight is 502 g/mol. The van der Waals surface area contributed by atoms with E-state index in [1.807, 2.05) is 0 Å². The summed E-state index contributed by atoms with van der Waals surface area (Å²) in [7, 11) is 0. The van der Waals surface area contributed by atoms with Gasteiger partial charge >= 0.3 is 5.97 Å². The number of nitrogens with one attached hydrogen (secondary N) is 1. The minimum Gasteiger partial charge on any atom is -0.420 e. The van der Waals surface area contributed by atoms with Gasteiger partial charge in [0.05, 0.1) is 19.6 Å². The molecule has 1 aliphatic rings. The highest BCUT2D eigenvalue weighted by Crippen LogP contribution is 2.29. The van der Waals surface area contributed by atoms with Crippen LogP contribution in [0.2, 0.25) is 0 Å². The third kappa shape index (κ3) is 7.88. The normalized spacial score (nSPS) is 14.0. The Labute approximate surface area is 199 Å². The molecule has 0 bridgehead atoms. The van der Waals surface area contributed by atoms with Crippen LogP contribution in [-0.2, 0) is 23.9 Å². The van der Waals surface area contributed by atoms with Crippen LogP contribution in [0.15, 0.2) is 18.2 Å². The number of hydrogen-bond donors (Lipinski definition) is 1. The number of benzene rings is 1. The van der Waals surface area contributed by atoms with Crippen LogP contribution in [0.25, 0.3) is 0 Å². The van der Waals surface area contributed by atoms with Crippen molar-refractivity contribution in [1.29, 1.82) is 0 Å². The smallest absolute Gasteiger partial charge is 0.312 e. The Morgan fingerprint density at radius 1 is 0.914 bits per heavy atom. The molecule has 35 heavy (non-hydrogen) atoms. The van der Waals surface area contributed by atoms with E-state index in [0.29, 0.717) is 0 Å². The maximum atomic E-state index is 13.7. The van der Waals surface area contributed by atoms with E-state index in [1.165, 1.54) is 0 Å². The highest BCUT2D eigenvalue weighted by atomic mass is 19.2. The number of hydrogen-bond acceptors (Lipinski definition) is 6. The largest absolute Gasteiger partial charge is 0.420 e. The Kier molecular flexibility index (Phi) is 8.77. The monoisotopic (exact) mass is 502 g/mol. The summed E-state index contributed by atoms with van der Waals surface area (Å²) in [5.74, 6) is -11.3. The van der Waals surface area contributed by atoms with Crippen molar-refractivity contribution in [1.82, 2.24) is 10.2 Å². The molecular weight excluding hydrogens is 476 g/mol. The third-order valence-corrected chi connectivity index (χ3v) is 4.86. The summed E-state index contributed by atoms with van der Waals surface area (Å²) in [5.41, 5.74) is -1.45. The van der Waals surface area contributed by atoms with Crippen molar-refractivity contribution in [2.75, 3.05) is 26.3 Å². The maximum absolute atomic E-state index is 13.7. The molecule has 1 aromatic carbocycles. The van der Waals surface area contributed by atoms with Crippen molar-refractivity contribution in [2.24, 2.45) is 10.8 Å². The van der Waals surface area contributed by atoms with Crippen LogP contribution in [0.4, 0.5) is 17.6 Å². The first kappa shape index (κ1) is 28.0. The predicted octanol–water partition coefficient (Wildman–Crippen LogP) is 2.65. The summed E-state index contributed by atoms with van der Waals surface area (Å²) in [6.45, 7) is 6.67. The molecule has 12 heteroatoms. The van der Waals surface area contributed by atoms with E-state index in [0.717, 1.165) is 17.1 Å². The number of carbonyl (C=O) groups is 4. The molecule has 0 radical (unpaired) electrons. The maximum Gasteiger partial charge on any atom is 0.312 e. The molecule has 192 valence electrons. The second-order valence-electron chi connectivity index (χ2n) is 9.64. The van der Waals surface area contributed by atoms with Crippen LogP contribution in [0.1, 0.15) is 34.1 Å². The van der Waals surface area contributed by atoms with Crippen LogP contribution in [0, 0.1) is 34.1 Å². The third-order valence-electron chi connectivity index (χ3n) is 4.86. The minimum absolute atomic E-state index is 0.00437. The number of ether oxygens (including phenoxy) is 2. The van der Waals surface area contributed by atoms with Crippen molar-refractivity contribution >= 4 is 23.7 Å². The van der Waals surface area contributed by atoms with Crippen molar-refractivity contribution in [2.45, 2.75) is 34.1 Å². The molecule has 3 amide bonds. The Morgan fingerprint density at radius 2 is 1.43 bits per heavy atom. The van der Waals surface area contributed by atoms with Crippen LogP contribution in [-0.4, -0.2) is 54.9 Å². The number of amides is 3. The molecular formula is C23H26F4N2O6. The van der Waals surface area contributed by atoms with Crippen LogP contribution in [0.5, 0.6) is 5.75 Å². The van der Waals surface area contributed by atoms with Gasteiger partial charge in [-0.3, -0.25) is 24.1 Å². The molecule has 0 unspecified atom stereocenters. The fourth-order valence-electron chi connectivity index (χ4n) is 3.01. The van der Waals surface area contributed by atoms with Gasteiger partial charge in [0.15, 0.2) is 11.6 Å². The standard InChI is InChI=1S/C23H26F4N2O6/c1-22(2,8-18(33)35-21-19(26)13(24)7-14(25)20(21)27)11-34-12-23(3,4)10-28-15(30)9-29-16(31)5-6-17(29)32/h5-7H,8-12H2,1-4H3,(H,28,30). The Bertz CT molecular complexity index is 1010. The van der Waals surface area contributed by atoms with Gasteiger partial charge in [-0.15, -0.1) is 0 Å². The second-order valence-corrected chi connectivity index (χ2v) is 9.64. The van der Waals surface area contributed by atoms with E-state index < -0.39 is 70.1 Å². The molecule has 0 spiro atoms. The van der Waals surface area contributed by atoms with Gasteiger partial charge in [-0.2, -0.15) is 8.78 Å². The SMILES string of the molecule is CC(C)(CNC(=O)CN1C(=O)C=CC1=O)COCC(C)(C)CC(=O)Oc1c(F)c(F)cc(F)c1F. The fraction of sp³-hybridized carbons (Fsp3) is 0.478. The summed E-state index contributed by atoms with van der Waals surface area (Å²) in [5, 5.41) is 2.62. The zero-order valence-electron chi connectivity index (χ0n) is 19.7. The number of halogens is 4. The first-order valence-electron chi connectivity index (χ1n) is 10.5. The summed E-state index contributed by atoms with van der Waals surface area (Å²) >= 11 is 0. The van der Waals surface area contributed by atoms with E-state index >= 15 is 0 Å². The van der Waals surface area contributed by atoms with Gasteiger partial charge in [0, 0.05) is 30.2 Å². The van der Waals surface area contributed by atoms with Gasteiger partial charge in [-0.05, 0) is 5.41 Å². The van der Waals surface area contributed by atoms with E-state index in [2.05, 4.69) is 10.1 Å². The minimum atomic E-state index is -1.81. The molecule has 0 saturated heterocycles. The molecule has 1 heterocycles. The van der Waals surface area contributed by atoms with E-state index in [9.17, 15) is 36.7 Å². The highest BCUT2D eigenvalue weighted by Gasteiger charge is 2.30. The van der Waals surface area contributed by atoms with Crippen molar-refractivity contribution in [3.05, 3.63) is 41.5 Å². The number of esters is 1. The molecule has 0 saturated carbocycles. The molecule has 0 aliphatic carbocycles.